The normalized spacial score (nSPS) is 11.7. The second kappa shape index (κ2) is 6.31. The molecule has 0 aliphatic rings. The summed E-state index contributed by atoms with van der Waals surface area (Å²) in [7, 11) is 0. The van der Waals surface area contributed by atoms with Crippen molar-refractivity contribution in [1.82, 2.24) is 0 Å². The van der Waals surface area contributed by atoms with Crippen molar-refractivity contribution in [2.45, 2.75) is 12.7 Å². The van der Waals surface area contributed by atoms with Crippen molar-refractivity contribution in [3.05, 3.63) is 48.0 Å². The summed E-state index contributed by atoms with van der Waals surface area (Å²) in [6, 6.07) is 9.24. The van der Waals surface area contributed by atoms with Crippen molar-refractivity contribution in [3.8, 4) is 28.7 Å². The molecule has 9 heteroatoms. The van der Waals surface area contributed by atoms with Gasteiger partial charge in [-0.2, -0.15) is 5.26 Å². The lowest BCUT2D eigenvalue weighted by atomic mass is 10.0. The molecule has 126 valence electrons. The fraction of sp³-hybridized carbons (Fsp3) is 0.133. The molecule has 0 aliphatic carbocycles. The molecule has 0 fully saturated rings. The average Bonchev–Trinajstić information content (AvgIpc) is 2.45. The Hall–Kier alpha value is -2.89. The van der Waals surface area contributed by atoms with Gasteiger partial charge in [0.25, 0.3) is 0 Å². The SMILES string of the molecule is N#Cc1ccc(-c2ccc(OC(F)(F)F)cc2)c(OC(F)(F)F)c1. The molecule has 0 atom stereocenters. The van der Waals surface area contributed by atoms with Crippen molar-refractivity contribution >= 4 is 0 Å². The third-order valence-electron chi connectivity index (χ3n) is 2.74. The predicted octanol–water partition coefficient (Wildman–Crippen LogP) is 5.02. The minimum Gasteiger partial charge on any atom is -0.406 e. The van der Waals surface area contributed by atoms with Crippen LogP contribution in [0, 0.1) is 11.3 Å². The number of halogens is 6. The molecule has 0 saturated heterocycles. The van der Waals surface area contributed by atoms with Gasteiger partial charge in [-0.05, 0) is 35.9 Å². The van der Waals surface area contributed by atoms with Crippen molar-refractivity contribution in [3.63, 3.8) is 0 Å². The maximum atomic E-state index is 12.5. The monoisotopic (exact) mass is 347 g/mol. The number of hydrogen-bond donors (Lipinski definition) is 0. The lowest BCUT2D eigenvalue weighted by Gasteiger charge is -2.14. The first-order valence-corrected chi connectivity index (χ1v) is 6.23. The largest absolute Gasteiger partial charge is 0.573 e. The van der Waals surface area contributed by atoms with E-state index in [0.29, 0.717) is 0 Å². The summed E-state index contributed by atoms with van der Waals surface area (Å²) < 4.78 is 81.3. The van der Waals surface area contributed by atoms with Gasteiger partial charge in [0.05, 0.1) is 11.6 Å². The zero-order chi connectivity index (χ0) is 18.0. The molecule has 3 nitrogen and oxygen atoms in total. The molecule has 2 rings (SSSR count). The quantitative estimate of drug-likeness (QED) is 0.732. The van der Waals surface area contributed by atoms with Gasteiger partial charge in [0.1, 0.15) is 11.5 Å². The van der Waals surface area contributed by atoms with Crippen LogP contribution in [0.1, 0.15) is 5.56 Å². The number of nitrogens with zero attached hydrogens (tertiary/aromatic N) is 1. The number of nitriles is 1. The van der Waals surface area contributed by atoms with Gasteiger partial charge in [-0.15, -0.1) is 26.3 Å². The van der Waals surface area contributed by atoms with Crippen LogP contribution in [0.2, 0.25) is 0 Å². The highest BCUT2D eigenvalue weighted by Gasteiger charge is 2.33. The van der Waals surface area contributed by atoms with Crippen LogP contribution in [0.25, 0.3) is 11.1 Å². The smallest absolute Gasteiger partial charge is 0.406 e. The molecular weight excluding hydrogens is 340 g/mol. The second-order valence-electron chi connectivity index (χ2n) is 4.44. The Kier molecular flexibility index (Phi) is 4.59. The molecule has 24 heavy (non-hydrogen) atoms. The molecule has 0 saturated carbocycles. The number of rotatable bonds is 3. The Labute approximate surface area is 131 Å². The van der Waals surface area contributed by atoms with Gasteiger partial charge in [-0.3, -0.25) is 0 Å². The zero-order valence-electron chi connectivity index (χ0n) is 11.6. The summed E-state index contributed by atoms with van der Waals surface area (Å²) in [4.78, 5) is 0. The molecule has 0 unspecified atom stereocenters. The Morgan fingerprint density at radius 1 is 0.792 bits per heavy atom. The number of benzene rings is 2. The topological polar surface area (TPSA) is 42.2 Å². The van der Waals surface area contributed by atoms with Gasteiger partial charge in [0, 0.05) is 5.56 Å². The van der Waals surface area contributed by atoms with Crippen LogP contribution in [-0.4, -0.2) is 12.7 Å². The van der Waals surface area contributed by atoms with Crippen LogP contribution in [0.5, 0.6) is 11.5 Å². The molecule has 0 N–H and O–H groups in total. The van der Waals surface area contributed by atoms with Gasteiger partial charge in [-0.1, -0.05) is 12.1 Å². The molecule has 2 aromatic rings. The highest BCUT2D eigenvalue weighted by atomic mass is 19.4. The first kappa shape index (κ1) is 17.5. The summed E-state index contributed by atoms with van der Waals surface area (Å²) >= 11 is 0. The van der Waals surface area contributed by atoms with Crippen LogP contribution in [0.15, 0.2) is 42.5 Å². The highest BCUT2D eigenvalue weighted by molar-refractivity contribution is 5.72. The summed E-state index contributed by atoms with van der Waals surface area (Å²) in [5, 5.41) is 8.76. The summed E-state index contributed by atoms with van der Waals surface area (Å²) in [5.41, 5.74) is 0.0631. The lowest BCUT2D eigenvalue weighted by Crippen LogP contribution is -2.18. The minimum absolute atomic E-state index is 0.0371. The summed E-state index contributed by atoms with van der Waals surface area (Å²) in [6.45, 7) is 0. The Bertz CT molecular complexity index is 760. The van der Waals surface area contributed by atoms with E-state index in [4.69, 9.17) is 5.26 Å². The second-order valence-corrected chi connectivity index (χ2v) is 4.44. The van der Waals surface area contributed by atoms with Crippen molar-refractivity contribution in [2.24, 2.45) is 0 Å². The van der Waals surface area contributed by atoms with Gasteiger partial charge < -0.3 is 9.47 Å². The fourth-order valence-electron chi connectivity index (χ4n) is 1.88. The average molecular weight is 347 g/mol. The molecule has 2 aromatic carbocycles. The molecule has 0 aromatic heterocycles. The summed E-state index contributed by atoms with van der Waals surface area (Å²) in [6.07, 6.45) is -9.86. The molecule has 0 spiro atoms. The van der Waals surface area contributed by atoms with E-state index in [9.17, 15) is 26.3 Å². The van der Waals surface area contributed by atoms with E-state index in [1.807, 2.05) is 0 Å². The molecule has 0 heterocycles. The first-order chi connectivity index (χ1) is 11.1. The molecule has 0 radical (unpaired) electrons. The van der Waals surface area contributed by atoms with E-state index in [-0.39, 0.29) is 16.7 Å². The van der Waals surface area contributed by atoms with Crippen LogP contribution in [0.4, 0.5) is 26.3 Å². The third kappa shape index (κ3) is 4.81. The van der Waals surface area contributed by atoms with Crippen LogP contribution >= 0.6 is 0 Å². The fourth-order valence-corrected chi connectivity index (χ4v) is 1.88. The number of alkyl halides is 6. The van der Waals surface area contributed by atoms with Crippen LogP contribution in [0.3, 0.4) is 0 Å². The van der Waals surface area contributed by atoms with E-state index in [0.717, 1.165) is 30.3 Å². The first-order valence-electron chi connectivity index (χ1n) is 6.23. The summed E-state index contributed by atoms with van der Waals surface area (Å²) in [5.74, 6) is -1.15. The number of hydrogen-bond acceptors (Lipinski definition) is 3. The maximum Gasteiger partial charge on any atom is 0.573 e. The zero-order valence-corrected chi connectivity index (χ0v) is 11.6. The van der Waals surface area contributed by atoms with E-state index in [1.165, 1.54) is 12.1 Å². The van der Waals surface area contributed by atoms with E-state index in [2.05, 4.69) is 9.47 Å². The third-order valence-corrected chi connectivity index (χ3v) is 2.74. The Balaban J connectivity index is 2.39. The lowest BCUT2D eigenvalue weighted by molar-refractivity contribution is -0.275. The van der Waals surface area contributed by atoms with Crippen LogP contribution in [-0.2, 0) is 0 Å². The molecular formula is C15H7F6NO2. The van der Waals surface area contributed by atoms with Crippen molar-refractivity contribution < 1.29 is 35.8 Å². The minimum atomic E-state index is -4.98. The predicted molar refractivity (Wildman–Crippen MR) is 70.0 cm³/mol. The Morgan fingerprint density at radius 2 is 1.38 bits per heavy atom. The standard InChI is InChI=1S/C15H7F6NO2/c16-14(17,18)23-11-4-2-10(3-5-11)12-6-1-9(8-22)7-13(12)24-15(19,20)21/h1-7H. The Morgan fingerprint density at radius 3 is 1.88 bits per heavy atom. The van der Waals surface area contributed by atoms with E-state index >= 15 is 0 Å². The highest BCUT2D eigenvalue weighted by Crippen LogP contribution is 2.35. The van der Waals surface area contributed by atoms with Gasteiger partial charge in [0.15, 0.2) is 0 Å². The van der Waals surface area contributed by atoms with Crippen molar-refractivity contribution in [2.75, 3.05) is 0 Å². The van der Waals surface area contributed by atoms with Crippen molar-refractivity contribution in [1.29, 1.82) is 5.26 Å². The molecule has 0 bridgehead atoms. The molecule has 0 aliphatic heterocycles. The number of ether oxygens (including phenoxy) is 2. The van der Waals surface area contributed by atoms with Gasteiger partial charge >= 0.3 is 12.7 Å². The van der Waals surface area contributed by atoms with E-state index in [1.54, 1.807) is 6.07 Å². The maximum absolute atomic E-state index is 12.5. The molecule has 0 amide bonds. The van der Waals surface area contributed by atoms with Gasteiger partial charge in [0.2, 0.25) is 0 Å². The van der Waals surface area contributed by atoms with Gasteiger partial charge in [-0.25, -0.2) is 0 Å². The van der Waals surface area contributed by atoms with E-state index < -0.39 is 24.2 Å². The van der Waals surface area contributed by atoms with Crippen LogP contribution < -0.4 is 9.47 Å².